The highest BCUT2D eigenvalue weighted by molar-refractivity contribution is 7.19. The molecular weight excluding hydrogens is 318 g/mol. The van der Waals surface area contributed by atoms with E-state index < -0.39 is 0 Å². The number of carbonyl (C=O) groups is 1. The number of hydrogen-bond donors (Lipinski definition) is 1. The lowest BCUT2D eigenvalue weighted by atomic mass is 10.1. The van der Waals surface area contributed by atoms with Crippen molar-refractivity contribution >= 4 is 28.8 Å². The number of imidazole rings is 1. The standard InChI is InChI=1S/C16H14ClN3OS/c1-18-16(21)12-4-2-3-11(9-12)10-20-8-7-19-15(20)13-5-6-14(17)22-13/h2-9H,10H2,1H3,(H,18,21). The van der Waals surface area contributed by atoms with Crippen molar-refractivity contribution in [3.63, 3.8) is 0 Å². The molecule has 1 amide bonds. The fourth-order valence-corrected chi connectivity index (χ4v) is 3.30. The third kappa shape index (κ3) is 3.05. The lowest BCUT2D eigenvalue weighted by molar-refractivity contribution is 0.0963. The van der Waals surface area contributed by atoms with Crippen molar-refractivity contribution < 1.29 is 4.79 Å². The van der Waals surface area contributed by atoms with Gasteiger partial charge in [0.05, 0.1) is 9.21 Å². The van der Waals surface area contributed by atoms with Gasteiger partial charge in [-0.25, -0.2) is 4.98 Å². The minimum Gasteiger partial charge on any atom is -0.355 e. The molecule has 0 fully saturated rings. The molecule has 112 valence electrons. The van der Waals surface area contributed by atoms with Crippen LogP contribution in [0.2, 0.25) is 4.34 Å². The maximum Gasteiger partial charge on any atom is 0.251 e. The van der Waals surface area contributed by atoms with Gasteiger partial charge in [-0.15, -0.1) is 11.3 Å². The summed E-state index contributed by atoms with van der Waals surface area (Å²) in [5.74, 6) is 0.792. The second-order valence-corrected chi connectivity index (χ2v) is 6.48. The molecule has 4 nitrogen and oxygen atoms in total. The summed E-state index contributed by atoms with van der Waals surface area (Å²) in [5, 5.41) is 2.64. The van der Waals surface area contributed by atoms with Crippen molar-refractivity contribution in [2.45, 2.75) is 6.54 Å². The van der Waals surface area contributed by atoms with Crippen LogP contribution in [-0.2, 0) is 6.54 Å². The second kappa shape index (κ2) is 6.34. The van der Waals surface area contributed by atoms with Crippen LogP contribution in [0.25, 0.3) is 10.7 Å². The van der Waals surface area contributed by atoms with Gasteiger partial charge in [-0.3, -0.25) is 4.79 Å². The molecule has 0 unspecified atom stereocenters. The summed E-state index contributed by atoms with van der Waals surface area (Å²) >= 11 is 7.50. The van der Waals surface area contributed by atoms with E-state index in [0.29, 0.717) is 12.1 Å². The topological polar surface area (TPSA) is 46.9 Å². The van der Waals surface area contributed by atoms with Gasteiger partial charge in [-0.2, -0.15) is 0 Å². The first kappa shape index (κ1) is 14.8. The number of rotatable bonds is 4. The zero-order valence-electron chi connectivity index (χ0n) is 11.9. The van der Waals surface area contributed by atoms with Crippen molar-refractivity contribution in [1.82, 2.24) is 14.9 Å². The smallest absolute Gasteiger partial charge is 0.251 e. The highest BCUT2D eigenvalue weighted by atomic mass is 35.5. The largest absolute Gasteiger partial charge is 0.355 e. The predicted octanol–water partition coefficient (Wildman–Crippen LogP) is 3.67. The molecule has 3 rings (SSSR count). The van der Waals surface area contributed by atoms with Crippen LogP contribution in [-0.4, -0.2) is 22.5 Å². The average Bonchev–Trinajstić information content (AvgIpc) is 3.15. The van der Waals surface area contributed by atoms with Crippen molar-refractivity contribution in [2.75, 3.05) is 7.05 Å². The Morgan fingerprint density at radius 2 is 2.23 bits per heavy atom. The number of thiophene rings is 1. The van der Waals surface area contributed by atoms with Gasteiger partial charge in [0.2, 0.25) is 0 Å². The Kier molecular flexibility index (Phi) is 4.27. The zero-order valence-corrected chi connectivity index (χ0v) is 13.5. The third-order valence-electron chi connectivity index (χ3n) is 3.28. The maximum atomic E-state index is 11.7. The molecule has 0 spiro atoms. The maximum absolute atomic E-state index is 11.7. The molecule has 3 aromatic rings. The zero-order chi connectivity index (χ0) is 15.5. The molecule has 1 aromatic carbocycles. The SMILES string of the molecule is CNC(=O)c1cccc(Cn2ccnc2-c2ccc(Cl)s2)c1. The van der Waals surface area contributed by atoms with E-state index in [9.17, 15) is 4.79 Å². The van der Waals surface area contributed by atoms with E-state index in [0.717, 1.165) is 20.6 Å². The molecule has 0 aliphatic carbocycles. The first-order chi connectivity index (χ1) is 10.7. The van der Waals surface area contributed by atoms with E-state index in [1.54, 1.807) is 19.3 Å². The van der Waals surface area contributed by atoms with Crippen molar-refractivity contribution in [3.05, 3.63) is 64.3 Å². The minimum absolute atomic E-state index is 0.0854. The number of hydrogen-bond acceptors (Lipinski definition) is 3. The summed E-state index contributed by atoms with van der Waals surface area (Å²) in [4.78, 5) is 17.1. The van der Waals surface area contributed by atoms with Gasteiger partial charge in [0, 0.05) is 31.5 Å². The summed E-state index contributed by atoms with van der Waals surface area (Å²) in [5.41, 5.74) is 1.70. The van der Waals surface area contributed by atoms with Gasteiger partial charge >= 0.3 is 0 Å². The molecule has 0 atom stereocenters. The fraction of sp³-hybridized carbons (Fsp3) is 0.125. The molecule has 22 heavy (non-hydrogen) atoms. The number of benzene rings is 1. The number of halogens is 1. The number of aromatic nitrogens is 2. The molecule has 0 saturated heterocycles. The van der Waals surface area contributed by atoms with Gasteiger partial charge < -0.3 is 9.88 Å². The number of nitrogens with zero attached hydrogens (tertiary/aromatic N) is 2. The Labute approximate surface area is 137 Å². The van der Waals surface area contributed by atoms with Crippen molar-refractivity contribution in [3.8, 4) is 10.7 Å². The Morgan fingerprint density at radius 3 is 2.95 bits per heavy atom. The summed E-state index contributed by atoms with van der Waals surface area (Å²) in [6, 6.07) is 11.4. The quantitative estimate of drug-likeness (QED) is 0.792. The van der Waals surface area contributed by atoms with Crippen LogP contribution in [0.3, 0.4) is 0 Å². The van der Waals surface area contributed by atoms with Crippen LogP contribution in [0.4, 0.5) is 0 Å². The van der Waals surface area contributed by atoms with Gasteiger partial charge in [-0.05, 0) is 29.8 Å². The number of amides is 1. The molecule has 0 saturated carbocycles. The average molecular weight is 332 g/mol. The highest BCUT2D eigenvalue weighted by Crippen LogP contribution is 2.30. The molecule has 1 N–H and O–H groups in total. The molecule has 2 aromatic heterocycles. The highest BCUT2D eigenvalue weighted by Gasteiger charge is 2.10. The number of carbonyl (C=O) groups excluding carboxylic acids is 1. The van der Waals surface area contributed by atoms with E-state index >= 15 is 0 Å². The molecule has 0 bridgehead atoms. The minimum atomic E-state index is -0.0854. The van der Waals surface area contributed by atoms with Crippen LogP contribution in [0.5, 0.6) is 0 Å². The fourth-order valence-electron chi connectivity index (χ4n) is 2.25. The first-order valence-electron chi connectivity index (χ1n) is 6.75. The Balaban J connectivity index is 1.88. The van der Waals surface area contributed by atoms with Gasteiger partial charge in [0.15, 0.2) is 0 Å². The van der Waals surface area contributed by atoms with E-state index in [1.165, 1.54) is 11.3 Å². The summed E-state index contributed by atoms with van der Waals surface area (Å²) in [6.07, 6.45) is 3.70. The summed E-state index contributed by atoms with van der Waals surface area (Å²) in [7, 11) is 1.63. The van der Waals surface area contributed by atoms with E-state index in [4.69, 9.17) is 11.6 Å². The van der Waals surface area contributed by atoms with Crippen LogP contribution in [0.15, 0.2) is 48.8 Å². The normalized spacial score (nSPS) is 10.6. The van der Waals surface area contributed by atoms with E-state index in [1.807, 2.05) is 41.1 Å². The predicted molar refractivity (Wildman–Crippen MR) is 89.5 cm³/mol. The van der Waals surface area contributed by atoms with E-state index in [-0.39, 0.29) is 5.91 Å². The van der Waals surface area contributed by atoms with Crippen molar-refractivity contribution in [2.24, 2.45) is 0 Å². The van der Waals surface area contributed by atoms with Gasteiger partial charge in [-0.1, -0.05) is 23.7 Å². The molecule has 2 heterocycles. The summed E-state index contributed by atoms with van der Waals surface area (Å²) < 4.78 is 2.79. The van der Waals surface area contributed by atoms with Crippen LogP contribution >= 0.6 is 22.9 Å². The monoisotopic (exact) mass is 331 g/mol. The summed E-state index contributed by atoms with van der Waals surface area (Å²) in [6.45, 7) is 0.648. The Bertz CT molecular complexity index is 809. The number of nitrogens with one attached hydrogen (secondary N) is 1. The second-order valence-electron chi connectivity index (χ2n) is 4.76. The van der Waals surface area contributed by atoms with Crippen molar-refractivity contribution in [1.29, 1.82) is 0 Å². The van der Waals surface area contributed by atoms with Crippen LogP contribution < -0.4 is 5.32 Å². The lowest BCUT2D eigenvalue weighted by Crippen LogP contribution is -2.17. The van der Waals surface area contributed by atoms with Crippen LogP contribution in [0, 0.1) is 0 Å². The van der Waals surface area contributed by atoms with E-state index in [2.05, 4.69) is 10.3 Å². The van der Waals surface area contributed by atoms with Gasteiger partial charge in [0.25, 0.3) is 5.91 Å². The molecule has 0 aliphatic rings. The van der Waals surface area contributed by atoms with Gasteiger partial charge in [0.1, 0.15) is 5.82 Å². The lowest BCUT2D eigenvalue weighted by Gasteiger charge is -2.08. The molecular formula is C16H14ClN3OS. The molecule has 0 aliphatic heterocycles. The third-order valence-corrected chi connectivity index (χ3v) is 4.51. The van der Waals surface area contributed by atoms with Crippen LogP contribution in [0.1, 0.15) is 15.9 Å². The molecule has 6 heteroatoms. The Morgan fingerprint density at radius 1 is 1.36 bits per heavy atom. The first-order valence-corrected chi connectivity index (χ1v) is 7.94. The molecule has 0 radical (unpaired) electrons. The Hall–Kier alpha value is -2.11.